The maximum absolute atomic E-state index is 13.4. The molecule has 0 bridgehead atoms. The fourth-order valence-electron chi connectivity index (χ4n) is 1.76. The van der Waals surface area contributed by atoms with Gasteiger partial charge in [-0.05, 0) is 35.9 Å². The number of rotatable bonds is 5. The molecule has 19 heavy (non-hydrogen) atoms. The van der Waals surface area contributed by atoms with Crippen molar-refractivity contribution in [2.24, 2.45) is 0 Å². The second-order valence-electron chi connectivity index (χ2n) is 4.19. The van der Waals surface area contributed by atoms with Gasteiger partial charge in [-0.15, -0.1) is 0 Å². The van der Waals surface area contributed by atoms with E-state index in [-0.39, 0.29) is 6.54 Å². The number of nitrogens with one attached hydrogen (secondary N) is 1. The van der Waals surface area contributed by atoms with E-state index in [1.807, 2.05) is 24.3 Å². The van der Waals surface area contributed by atoms with Crippen molar-refractivity contribution in [2.45, 2.75) is 13.1 Å². The van der Waals surface area contributed by atoms with E-state index in [0.29, 0.717) is 12.1 Å². The van der Waals surface area contributed by atoms with E-state index in [0.717, 1.165) is 23.4 Å². The molecule has 0 aliphatic carbocycles. The van der Waals surface area contributed by atoms with E-state index < -0.39 is 11.6 Å². The van der Waals surface area contributed by atoms with Crippen molar-refractivity contribution in [3.63, 3.8) is 0 Å². The lowest BCUT2D eigenvalue weighted by Gasteiger charge is -2.07. The largest absolute Gasteiger partial charge is 0.497 e. The summed E-state index contributed by atoms with van der Waals surface area (Å²) >= 11 is 0. The minimum absolute atomic E-state index is 0.287. The minimum Gasteiger partial charge on any atom is -0.497 e. The summed E-state index contributed by atoms with van der Waals surface area (Å²) in [5, 5.41) is 3.08. The summed E-state index contributed by atoms with van der Waals surface area (Å²) in [6.45, 7) is 0.871. The van der Waals surface area contributed by atoms with Gasteiger partial charge in [0.25, 0.3) is 0 Å². The summed E-state index contributed by atoms with van der Waals surface area (Å²) in [6, 6.07) is 11.0. The lowest BCUT2D eigenvalue weighted by atomic mass is 10.2. The highest BCUT2D eigenvalue weighted by Gasteiger charge is 2.03. The molecule has 0 saturated carbocycles. The average Bonchev–Trinajstić information content (AvgIpc) is 2.43. The van der Waals surface area contributed by atoms with Gasteiger partial charge in [-0.25, -0.2) is 8.78 Å². The van der Waals surface area contributed by atoms with E-state index >= 15 is 0 Å². The van der Waals surface area contributed by atoms with Crippen molar-refractivity contribution in [1.82, 2.24) is 5.32 Å². The van der Waals surface area contributed by atoms with Gasteiger partial charge in [0.15, 0.2) is 0 Å². The van der Waals surface area contributed by atoms with Crippen LogP contribution in [0.15, 0.2) is 42.5 Å². The van der Waals surface area contributed by atoms with Crippen LogP contribution in [-0.2, 0) is 13.1 Å². The van der Waals surface area contributed by atoms with Gasteiger partial charge in [-0.1, -0.05) is 12.1 Å². The molecule has 2 aromatic rings. The summed E-state index contributed by atoms with van der Waals surface area (Å²) < 4.78 is 31.4. The normalized spacial score (nSPS) is 10.5. The summed E-state index contributed by atoms with van der Waals surface area (Å²) in [4.78, 5) is 0. The first kappa shape index (κ1) is 13.5. The molecule has 0 saturated heterocycles. The van der Waals surface area contributed by atoms with Gasteiger partial charge in [0.1, 0.15) is 17.4 Å². The zero-order valence-electron chi connectivity index (χ0n) is 10.6. The van der Waals surface area contributed by atoms with E-state index in [9.17, 15) is 8.78 Å². The molecule has 2 rings (SSSR count). The predicted molar refractivity (Wildman–Crippen MR) is 69.9 cm³/mol. The highest BCUT2D eigenvalue weighted by molar-refractivity contribution is 5.27. The van der Waals surface area contributed by atoms with Crippen LogP contribution >= 0.6 is 0 Å². The van der Waals surface area contributed by atoms with Gasteiger partial charge in [0, 0.05) is 18.7 Å². The van der Waals surface area contributed by atoms with Crippen LogP contribution in [0.4, 0.5) is 8.78 Å². The first-order chi connectivity index (χ1) is 9.19. The molecule has 0 radical (unpaired) electrons. The number of hydrogen-bond acceptors (Lipinski definition) is 2. The molecule has 0 unspecified atom stereocenters. The molecule has 0 heterocycles. The van der Waals surface area contributed by atoms with Gasteiger partial charge >= 0.3 is 0 Å². The van der Waals surface area contributed by atoms with E-state index in [1.165, 1.54) is 6.07 Å². The molecule has 0 spiro atoms. The smallest absolute Gasteiger partial charge is 0.127 e. The number of benzene rings is 2. The maximum Gasteiger partial charge on any atom is 0.127 e. The Bertz CT molecular complexity index is 540. The van der Waals surface area contributed by atoms with E-state index in [1.54, 1.807) is 7.11 Å². The van der Waals surface area contributed by atoms with Gasteiger partial charge in [-0.3, -0.25) is 0 Å². The first-order valence-corrected chi connectivity index (χ1v) is 5.96. The van der Waals surface area contributed by atoms with Gasteiger partial charge in [0.2, 0.25) is 0 Å². The van der Waals surface area contributed by atoms with Crippen molar-refractivity contribution >= 4 is 0 Å². The fraction of sp³-hybridized carbons (Fsp3) is 0.200. The number of hydrogen-bond donors (Lipinski definition) is 1. The van der Waals surface area contributed by atoms with E-state index in [2.05, 4.69) is 5.32 Å². The SMILES string of the molecule is COc1ccc(CNCc2cc(F)ccc2F)cc1. The molecule has 100 valence electrons. The number of ether oxygens (including phenoxy) is 1. The van der Waals surface area contributed by atoms with Gasteiger partial charge in [0.05, 0.1) is 7.11 Å². The molecular weight excluding hydrogens is 248 g/mol. The zero-order chi connectivity index (χ0) is 13.7. The summed E-state index contributed by atoms with van der Waals surface area (Å²) in [5.74, 6) is -0.0359. The molecule has 2 aromatic carbocycles. The quantitative estimate of drug-likeness (QED) is 0.894. The Morgan fingerprint density at radius 3 is 2.42 bits per heavy atom. The van der Waals surface area contributed by atoms with Gasteiger partial charge in [-0.2, -0.15) is 0 Å². The standard InChI is InChI=1S/C15H15F2NO/c1-19-14-5-2-11(3-6-14)9-18-10-12-8-13(16)4-7-15(12)17/h2-8,18H,9-10H2,1H3. The summed E-state index contributed by atoms with van der Waals surface area (Å²) in [7, 11) is 1.61. The highest BCUT2D eigenvalue weighted by Crippen LogP contribution is 2.12. The summed E-state index contributed by atoms with van der Waals surface area (Å²) in [6.07, 6.45) is 0. The molecule has 4 heteroatoms. The third-order valence-corrected chi connectivity index (χ3v) is 2.81. The van der Waals surface area contributed by atoms with Crippen LogP contribution < -0.4 is 10.1 Å². The third-order valence-electron chi connectivity index (χ3n) is 2.81. The topological polar surface area (TPSA) is 21.3 Å². The van der Waals surface area contributed by atoms with Crippen molar-refractivity contribution in [3.05, 3.63) is 65.2 Å². The molecule has 2 nitrogen and oxygen atoms in total. The maximum atomic E-state index is 13.4. The Kier molecular flexibility index (Phi) is 4.47. The second kappa shape index (κ2) is 6.29. The van der Waals surface area contributed by atoms with Crippen LogP contribution in [-0.4, -0.2) is 7.11 Å². The number of methoxy groups -OCH3 is 1. The fourth-order valence-corrected chi connectivity index (χ4v) is 1.76. The Morgan fingerprint density at radius 1 is 1.00 bits per heavy atom. The van der Waals surface area contributed by atoms with Gasteiger partial charge < -0.3 is 10.1 Å². The average molecular weight is 263 g/mol. The van der Waals surface area contributed by atoms with Crippen LogP contribution in [0.5, 0.6) is 5.75 Å². The highest BCUT2D eigenvalue weighted by atomic mass is 19.1. The van der Waals surface area contributed by atoms with Crippen LogP contribution in [0.3, 0.4) is 0 Å². The molecule has 0 aromatic heterocycles. The van der Waals surface area contributed by atoms with Crippen molar-refractivity contribution in [2.75, 3.05) is 7.11 Å². The van der Waals surface area contributed by atoms with Crippen molar-refractivity contribution in [3.8, 4) is 5.75 Å². The summed E-state index contributed by atoms with van der Waals surface area (Å²) in [5.41, 5.74) is 1.38. The molecule has 0 aliphatic rings. The number of halogens is 2. The van der Waals surface area contributed by atoms with E-state index in [4.69, 9.17) is 4.74 Å². The lowest BCUT2D eigenvalue weighted by Crippen LogP contribution is -2.13. The second-order valence-corrected chi connectivity index (χ2v) is 4.19. The van der Waals surface area contributed by atoms with Crippen LogP contribution in [0.25, 0.3) is 0 Å². The minimum atomic E-state index is -0.428. The Balaban J connectivity index is 1.90. The van der Waals surface area contributed by atoms with Crippen LogP contribution in [0, 0.1) is 11.6 Å². The lowest BCUT2D eigenvalue weighted by molar-refractivity contribution is 0.414. The molecule has 0 atom stereocenters. The molecule has 1 N–H and O–H groups in total. The molecule has 0 amide bonds. The van der Waals surface area contributed by atoms with Crippen LogP contribution in [0.2, 0.25) is 0 Å². The predicted octanol–water partition coefficient (Wildman–Crippen LogP) is 3.26. The Hall–Kier alpha value is -1.94. The molecule has 0 aliphatic heterocycles. The third kappa shape index (κ3) is 3.76. The van der Waals surface area contributed by atoms with Crippen LogP contribution in [0.1, 0.15) is 11.1 Å². The Morgan fingerprint density at radius 2 is 1.74 bits per heavy atom. The zero-order valence-corrected chi connectivity index (χ0v) is 10.6. The molecular formula is C15H15F2NO. The van der Waals surface area contributed by atoms with Crippen molar-refractivity contribution < 1.29 is 13.5 Å². The van der Waals surface area contributed by atoms with Crippen molar-refractivity contribution in [1.29, 1.82) is 0 Å². The molecule has 0 fully saturated rings. The first-order valence-electron chi connectivity index (χ1n) is 5.96. The monoisotopic (exact) mass is 263 g/mol. The Labute approximate surface area is 111 Å².